The summed E-state index contributed by atoms with van der Waals surface area (Å²) < 4.78 is 5.10. The van der Waals surface area contributed by atoms with Gasteiger partial charge in [0.2, 0.25) is 5.91 Å². The molecule has 0 spiro atoms. The summed E-state index contributed by atoms with van der Waals surface area (Å²) in [6.45, 7) is 1.06. The Morgan fingerprint density at radius 2 is 2.30 bits per heavy atom. The molecule has 5 heteroatoms. The molecule has 1 aliphatic rings. The number of nitrogens with one attached hydrogen (secondary N) is 2. The Morgan fingerprint density at radius 1 is 1.45 bits per heavy atom. The van der Waals surface area contributed by atoms with E-state index in [0.717, 1.165) is 37.2 Å². The lowest BCUT2D eigenvalue weighted by Crippen LogP contribution is -2.31. The second-order valence-corrected chi connectivity index (χ2v) is 5.24. The summed E-state index contributed by atoms with van der Waals surface area (Å²) in [6, 6.07) is 7.28. The van der Waals surface area contributed by atoms with Gasteiger partial charge in [0.05, 0.1) is 19.8 Å². The van der Waals surface area contributed by atoms with Gasteiger partial charge in [-0.25, -0.2) is 0 Å². The Balaban J connectivity index is 1.69. The third-order valence-electron chi connectivity index (χ3n) is 3.59. The number of carbonyl (C=O) groups excluding carboxylic acids is 1. The molecule has 0 heterocycles. The van der Waals surface area contributed by atoms with Crippen LogP contribution in [-0.4, -0.2) is 37.3 Å². The molecule has 3 N–H and O–H groups in total. The van der Waals surface area contributed by atoms with Gasteiger partial charge in [0, 0.05) is 11.8 Å². The van der Waals surface area contributed by atoms with Crippen LogP contribution in [-0.2, 0) is 4.79 Å². The van der Waals surface area contributed by atoms with Crippen molar-refractivity contribution in [1.82, 2.24) is 5.32 Å². The molecule has 110 valence electrons. The molecule has 2 rings (SSSR count). The molecule has 2 unspecified atom stereocenters. The Kier molecular flexibility index (Phi) is 5.38. The normalized spacial score (nSPS) is 21.7. The first-order chi connectivity index (χ1) is 9.67. The molecule has 1 aliphatic carbocycles. The molecule has 1 aromatic rings. The fourth-order valence-corrected chi connectivity index (χ4v) is 2.53. The molecular formula is C15H22N2O3. The van der Waals surface area contributed by atoms with Crippen LogP contribution < -0.4 is 15.4 Å². The highest BCUT2D eigenvalue weighted by molar-refractivity contribution is 5.92. The largest absolute Gasteiger partial charge is 0.497 e. The Bertz CT molecular complexity index is 450. The van der Waals surface area contributed by atoms with E-state index < -0.39 is 0 Å². The van der Waals surface area contributed by atoms with E-state index in [4.69, 9.17) is 4.74 Å². The van der Waals surface area contributed by atoms with E-state index >= 15 is 0 Å². The molecule has 0 radical (unpaired) electrons. The van der Waals surface area contributed by atoms with Gasteiger partial charge in [0.15, 0.2) is 0 Å². The Labute approximate surface area is 119 Å². The third kappa shape index (κ3) is 4.51. The number of aliphatic hydroxyl groups excluding tert-OH is 1. The van der Waals surface area contributed by atoms with Crippen molar-refractivity contribution in [1.29, 1.82) is 0 Å². The van der Waals surface area contributed by atoms with Crippen molar-refractivity contribution >= 4 is 11.6 Å². The number of amides is 1. The summed E-state index contributed by atoms with van der Waals surface area (Å²) in [5, 5.41) is 15.4. The number of carbonyl (C=O) groups is 1. The standard InChI is InChI=1S/C15H22N2O3/c1-20-14-4-2-3-12(8-14)17-15(19)10-16-9-11-5-6-13(18)7-11/h2-4,8,11,13,16,18H,5-7,9-10H2,1H3,(H,17,19). The first-order valence-corrected chi connectivity index (χ1v) is 7.00. The number of benzene rings is 1. The fourth-order valence-electron chi connectivity index (χ4n) is 2.53. The lowest BCUT2D eigenvalue weighted by Gasteiger charge is -2.11. The van der Waals surface area contributed by atoms with Crippen LogP contribution in [0.25, 0.3) is 0 Å². The summed E-state index contributed by atoms with van der Waals surface area (Å²) in [5.41, 5.74) is 0.729. The smallest absolute Gasteiger partial charge is 0.238 e. The number of hydrogen-bond donors (Lipinski definition) is 3. The van der Waals surface area contributed by atoms with Gasteiger partial charge in [0.25, 0.3) is 0 Å². The van der Waals surface area contributed by atoms with Crippen molar-refractivity contribution in [2.45, 2.75) is 25.4 Å². The van der Waals surface area contributed by atoms with Gasteiger partial charge in [-0.05, 0) is 43.9 Å². The Hall–Kier alpha value is -1.59. The summed E-state index contributed by atoms with van der Waals surface area (Å²) in [4.78, 5) is 11.8. The van der Waals surface area contributed by atoms with Crippen molar-refractivity contribution in [2.75, 3.05) is 25.5 Å². The number of aliphatic hydroxyl groups is 1. The number of hydrogen-bond acceptors (Lipinski definition) is 4. The molecule has 0 saturated heterocycles. The maximum absolute atomic E-state index is 11.8. The quantitative estimate of drug-likeness (QED) is 0.735. The zero-order valence-electron chi connectivity index (χ0n) is 11.8. The summed E-state index contributed by atoms with van der Waals surface area (Å²) in [5.74, 6) is 1.13. The zero-order chi connectivity index (χ0) is 14.4. The van der Waals surface area contributed by atoms with Crippen LogP contribution >= 0.6 is 0 Å². The van der Waals surface area contributed by atoms with Gasteiger partial charge in [-0.1, -0.05) is 6.07 Å². The van der Waals surface area contributed by atoms with E-state index in [-0.39, 0.29) is 18.6 Å². The third-order valence-corrected chi connectivity index (χ3v) is 3.59. The first kappa shape index (κ1) is 14.8. The van der Waals surface area contributed by atoms with Crippen LogP contribution in [0.15, 0.2) is 24.3 Å². The summed E-state index contributed by atoms with van der Waals surface area (Å²) in [6.07, 6.45) is 2.59. The van der Waals surface area contributed by atoms with Crippen molar-refractivity contribution in [3.05, 3.63) is 24.3 Å². The molecule has 5 nitrogen and oxygen atoms in total. The van der Waals surface area contributed by atoms with Gasteiger partial charge in [-0.2, -0.15) is 0 Å². The molecule has 1 saturated carbocycles. The van der Waals surface area contributed by atoms with Crippen molar-refractivity contribution in [3.63, 3.8) is 0 Å². The van der Waals surface area contributed by atoms with Crippen molar-refractivity contribution in [3.8, 4) is 5.75 Å². The summed E-state index contributed by atoms with van der Waals surface area (Å²) in [7, 11) is 1.60. The number of rotatable bonds is 6. The van der Waals surface area contributed by atoms with Gasteiger partial charge in [-0.15, -0.1) is 0 Å². The second kappa shape index (κ2) is 7.26. The van der Waals surface area contributed by atoms with Crippen LogP contribution in [0.4, 0.5) is 5.69 Å². The van der Waals surface area contributed by atoms with E-state index in [2.05, 4.69) is 10.6 Å². The van der Waals surface area contributed by atoms with Gasteiger partial charge in [-0.3, -0.25) is 4.79 Å². The lowest BCUT2D eigenvalue weighted by molar-refractivity contribution is -0.115. The zero-order valence-corrected chi connectivity index (χ0v) is 11.8. The summed E-state index contributed by atoms with van der Waals surface area (Å²) >= 11 is 0. The topological polar surface area (TPSA) is 70.6 Å². The Morgan fingerprint density at radius 3 is 3.00 bits per heavy atom. The lowest BCUT2D eigenvalue weighted by atomic mass is 10.1. The SMILES string of the molecule is COc1cccc(NC(=O)CNCC2CCC(O)C2)c1. The van der Waals surface area contributed by atoms with Crippen LogP contribution in [0.2, 0.25) is 0 Å². The minimum absolute atomic E-state index is 0.0724. The second-order valence-electron chi connectivity index (χ2n) is 5.24. The minimum atomic E-state index is -0.160. The van der Waals surface area contributed by atoms with E-state index in [9.17, 15) is 9.90 Å². The maximum atomic E-state index is 11.8. The maximum Gasteiger partial charge on any atom is 0.238 e. The molecule has 0 bridgehead atoms. The van der Waals surface area contributed by atoms with E-state index in [1.165, 1.54) is 0 Å². The monoisotopic (exact) mass is 278 g/mol. The molecule has 2 atom stereocenters. The molecule has 0 aromatic heterocycles. The van der Waals surface area contributed by atoms with Gasteiger partial charge in [0.1, 0.15) is 5.75 Å². The molecule has 1 amide bonds. The number of methoxy groups -OCH3 is 1. The van der Waals surface area contributed by atoms with Crippen molar-refractivity contribution < 1.29 is 14.6 Å². The van der Waals surface area contributed by atoms with Gasteiger partial charge < -0.3 is 20.5 Å². The van der Waals surface area contributed by atoms with Crippen molar-refractivity contribution in [2.24, 2.45) is 5.92 Å². The highest BCUT2D eigenvalue weighted by atomic mass is 16.5. The molecule has 1 fully saturated rings. The molecular weight excluding hydrogens is 256 g/mol. The van der Waals surface area contributed by atoms with Crippen LogP contribution in [0.3, 0.4) is 0 Å². The average Bonchev–Trinajstić information content (AvgIpc) is 2.84. The van der Waals surface area contributed by atoms with E-state index in [0.29, 0.717) is 5.92 Å². The minimum Gasteiger partial charge on any atom is -0.497 e. The predicted octanol–water partition coefficient (Wildman–Crippen LogP) is 1.38. The molecule has 1 aromatic carbocycles. The fraction of sp³-hybridized carbons (Fsp3) is 0.533. The van der Waals surface area contributed by atoms with Crippen LogP contribution in [0.5, 0.6) is 5.75 Å². The van der Waals surface area contributed by atoms with Crippen LogP contribution in [0.1, 0.15) is 19.3 Å². The first-order valence-electron chi connectivity index (χ1n) is 7.00. The molecule has 0 aliphatic heterocycles. The molecule has 20 heavy (non-hydrogen) atoms. The predicted molar refractivity (Wildman–Crippen MR) is 77.8 cm³/mol. The number of ether oxygens (including phenoxy) is 1. The van der Waals surface area contributed by atoms with Gasteiger partial charge >= 0.3 is 0 Å². The average molecular weight is 278 g/mol. The number of anilines is 1. The highest BCUT2D eigenvalue weighted by Crippen LogP contribution is 2.24. The van der Waals surface area contributed by atoms with Crippen LogP contribution in [0, 0.1) is 5.92 Å². The van der Waals surface area contributed by atoms with E-state index in [1.807, 2.05) is 18.2 Å². The van der Waals surface area contributed by atoms with E-state index in [1.54, 1.807) is 13.2 Å². The highest BCUT2D eigenvalue weighted by Gasteiger charge is 2.22.